The summed E-state index contributed by atoms with van der Waals surface area (Å²) in [5, 5.41) is 9.74. The number of carboxylic acids is 1. The van der Waals surface area contributed by atoms with Crippen LogP contribution in [0, 0.1) is 11.8 Å². The lowest BCUT2D eigenvalue weighted by Crippen LogP contribution is -2.42. The highest BCUT2D eigenvalue weighted by Crippen LogP contribution is 2.37. The van der Waals surface area contributed by atoms with Gasteiger partial charge in [-0.05, 0) is 57.2 Å². The first-order valence-corrected chi connectivity index (χ1v) is 13.4. The van der Waals surface area contributed by atoms with Gasteiger partial charge in [-0.3, -0.25) is 4.79 Å². The largest absolute Gasteiger partial charge is 0.514 e. The second kappa shape index (κ2) is 16.5. The van der Waals surface area contributed by atoms with Crippen LogP contribution < -0.4 is 15.2 Å². The number of rotatable bonds is 14. The molecule has 226 valence electrons. The molecule has 3 N–H and O–H groups in total. The summed E-state index contributed by atoms with van der Waals surface area (Å²) in [6.07, 6.45) is -3.55. The van der Waals surface area contributed by atoms with Crippen molar-refractivity contribution in [2.45, 2.75) is 98.5 Å². The third-order valence-electron chi connectivity index (χ3n) is 6.28. The highest BCUT2D eigenvalue weighted by molar-refractivity contribution is 5.75. The van der Waals surface area contributed by atoms with Gasteiger partial charge in [-0.15, -0.1) is 0 Å². The number of hydrogen-bond donors (Lipinski definition) is 2. The van der Waals surface area contributed by atoms with Crippen molar-refractivity contribution in [2.24, 2.45) is 17.6 Å². The van der Waals surface area contributed by atoms with E-state index in [1.165, 1.54) is 18.2 Å². The van der Waals surface area contributed by atoms with Gasteiger partial charge in [0.15, 0.2) is 11.5 Å². The van der Waals surface area contributed by atoms with Crippen molar-refractivity contribution in [1.29, 1.82) is 0 Å². The molecule has 0 saturated carbocycles. The van der Waals surface area contributed by atoms with Crippen molar-refractivity contribution in [3.05, 3.63) is 23.8 Å². The van der Waals surface area contributed by atoms with E-state index in [0.717, 1.165) is 0 Å². The Balaban J connectivity index is 3.41. The fourth-order valence-electron chi connectivity index (χ4n) is 3.43. The molecule has 0 saturated heterocycles. The van der Waals surface area contributed by atoms with Gasteiger partial charge in [0.2, 0.25) is 0 Å². The normalized spacial score (nSPS) is 15.6. The van der Waals surface area contributed by atoms with Crippen LogP contribution >= 0.6 is 0 Å². The maximum Gasteiger partial charge on any atom is 0.514 e. The highest BCUT2D eigenvalue weighted by atomic mass is 16.8. The van der Waals surface area contributed by atoms with Crippen molar-refractivity contribution in [1.82, 2.24) is 0 Å². The number of ether oxygens (including phenoxy) is 6. The zero-order valence-corrected chi connectivity index (χ0v) is 24.5. The zero-order chi connectivity index (χ0) is 30.6. The fraction of sp³-hybridized carbons (Fsp3) is 0.643. The quantitative estimate of drug-likeness (QED) is 0.161. The molecule has 1 aromatic rings. The van der Waals surface area contributed by atoms with Gasteiger partial charge in [-0.2, -0.15) is 0 Å². The van der Waals surface area contributed by atoms with Crippen LogP contribution in [0.1, 0.15) is 79.7 Å². The van der Waals surface area contributed by atoms with Gasteiger partial charge < -0.3 is 39.3 Å². The van der Waals surface area contributed by atoms with Gasteiger partial charge in [-0.1, -0.05) is 40.7 Å². The number of carbonyl (C=O) groups is 4. The molecule has 1 aromatic carbocycles. The van der Waals surface area contributed by atoms with Crippen LogP contribution in [0.3, 0.4) is 0 Å². The van der Waals surface area contributed by atoms with E-state index in [2.05, 4.69) is 0 Å². The van der Waals surface area contributed by atoms with E-state index < -0.39 is 60.6 Å². The Hall–Kier alpha value is -3.54. The Labute approximate surface area is 235 Å². The molecule has 1 rings (SSSR count). The van der Waals surface area contributed by atoms with E-state index in [1.54, 1.807) is 27.7 Å². The fourth-order valence-corrected chi connectivity index (χ4v) is 3.43. The lowest BCUT2D eigenvalue weighted by molar-refractivity contribution is -0.139. The SMILES string of the molecule is CCC(C)OC(=O)Oc1ccc(C(C(C)C(C)OC(=O)OCC(C)C)[C@H](N)C(=O)O)cc1OC(=O)OC(C)CC. The van der Waals surface area contributed by atoms with Gasteiger partial charge in [-0.25, -0.2) is 14.4 Å². The molecule has 0 bridgehead atoms. The van der Waals surface area contributed by atoms with E-state index in [9.17, 15) is 24.3 Å². The molecule has 0 aliphatic rings. The Kier molecular flexibility index (Phi) is 14.3. The number of aliphatic carboxylic acids is 1. The topological polar surface area (TPSA) is 170 Å². The summed E-state index contributed by atoms with van der Waals surface area (Å²) in [6.45, 7) is 14.2. The Morgan fingerprint density at radius 2 is 1.32 bits per heavy atom. The predicted octanol–water partition coefficient (Wildman–Crippen LogP) is 5.64. The molecule has 40 heavy (non-hydrogen) atoms. The first kappa shape index (κ1) is 34.5. The summed E-state index contributed by atoms with van der Waals surface area (Å²) in [5.41, 5.74) is 6.40. The van der Waals surface area contributed by atoms with Crippen molar-refractivity contribution in [3.8, 4) is 11.5 Å². The average Bonchev–Trinajstić information content (AvgIpc) is 2.88. The van der Waals surface area contributed by atoms with Gasteiger partial charge in [0.25, 0.3) is 0 Å². The van der Waals surface area contributed by atoms with Crippen molar-refractivity contribution >= 4 is 24.4 Å². The van der Waals surface area contributed by atoms with Gasteiger partial charge >= 0.3 is 24.4 Å². The van der Waals surface area contributed by atoms with Gasteiger partial charge in [0, 0.05) is 11.8 Å². The Morgan fingerprint density at radius 3 is 1.80 bits per heavy atom. The second-order valence-corrected chi connectivity index (χ2v) is 10.1. The standard InChI is InChI=1S/C28H43NO11/c1-9-16(5)36-27(33)39-21-12-11-20(13-22(21)40-28(34)37-17(6)10-2)23(24(29)25(30)31)18(7)19(8)38-26(32)35-14-15(3)4/h11-13,15-19,23-24H,9-10,14,29H2,1-8H3,(H,30,31)/t16?,17?,18?,19?,23?,24-/m0/s1. The second-order valence-electron chi connectivity index (χ2n) is 10.1. The molecule has 0 radical (unpaired) electrons. The number of hydrogen-bond acceptors (Lipinski definition) is 11. The Morgan fingerprint density at radius 1 is 0.800 bits per heavy atom. The predicted molar refractivity (Wildman–Crippen MR) is 144 cm³/mol. The molecule has 0 aliphatic heterocycles. The smallest absolute Gasteiger partial charge is 0.480 e. The number of nitrogens with two attached hydrogens (primary N) is 1. The van der Waals surface area contributed by atoms with E-state index in [1.807, 2.05) is 27.7 Å². The minimum Gasteiger partial charge on any atom is -0.480 e. The molecule has 6 atom stereocenters. The molecule has 0 amide bonds. The molecule has 12 heteroatoms. The molecular formula is C28H43NO11. The van der Waals surface area contributed by atoms with Crippen LogP contribution in [-0.2, 0) is 23.7 Å². The maximum absolute atomic E-state index is 12.4. The van der Waals surface area contributed by atoms with E-state index >= 15 is 0 Å². The molecule has 0 fully saturated rings. The molecule has 0 heterocycles. The van der Waals surface area contributed by atoms with E-state index in [0.29, 0.717) is 18.4 Å². The van der Waals surface area contributed by atoms with Crippen molar-refractivity contribution in [2.75, 3.05) is 6.61 Å². The van der Waals surface area contributed by atoms with Crippen LogP contribution in [0.15, 0.2) is 18.2 Å². The molecule has 5 unspecified atom stereocenters. The van der Waals surface area contributed by atoms with Crippen LogP contribution in [-0.4, -0.2) is 60.5 Å². The summed E-state index contributed by atoms with van der Waals surface area (Å²) >= 11 is 0. The first-order valence-electron chi connectivity index (χ1n) is 13.4. The monoisotopic (exact) mass is 569 g/mol. The van der Waals surface area contributed by atoms with E-state index in [4.69, 9.17) is 34.2 Å². The van der Waals surface area contributed by atoms with Gasteiger partial charge in [0.05, 0.1) is 6.61 Å². The third-order valence-corrected chi connectivity index (χ3v) is 6.28. The summed E-state index contributed by atoms with van der Waals surface area (Å²) in [5.74, 6) is -3.15. The van der Waals surface area contributed by atoms with E-state index in [-0.39, 0.29) is 24.0 Å². The molecule has 0 spiro atoms. The lowest BCUT2D eigenvalue weighted by atomic mass is 9.79. The van der Waals surface area contributed by atoms with Crippen molar-refractivity contribution < 1.29 is 52.7 Å². The molecule has 0 aliphatic carbocycles. The maximum atomic E-state index is 12.4. The molecular weight excluding hydrogens is 526 g/mol. The summed E-state index contributed by atoms with van der Waals surface area (Å²) in [7, 11) is 0. The number of benzene rings is 1. The number of carbonyl (C=O) groups excluding carboxylic acids is 3. The minimum atomic E-state index is -1.44. The van der Waals surface area contributed by atoms with Gasteiger partial charge in [0.1, 0.15) is 24.4 Å². The average molecular weight is 570 g/mol. The van der Waals surface area contributed by atoms with Crippen LogP contribution in [0.25, 0.3) is 0 Å². The third kappa shape index (κ3) is 11.3. The summed E-state index contributed by atoms with van der Waals surface area (Å²) < 4.78 is 31.4. The van der Waals surface area contributed by atoms with Crippen molar-refractivity contribution in [3.63, 3.8) is 0 Å². The highest BCUT2D eigenvalue weighted by Gasteiger charge is 2.36. The number of carboxylic acid groups (broad SMARTS) is 1. The van der Waals surface area contributed by atoms with Crippen LogP contribution in [0.2, 0.25) is 0 Å². The summed E-state index contributed by atoms with van der Waals surface area (Å²) in [4.78, 5) is 48.8. The zero-order valence-electron chi connectivity index (χ0n) is 24.5. The first-order chi connectivity index (χ1) is 18.7. The Bertz CT molecular complexity index is 996. The summed E-state index contributed by atoms with van der Waals surface area (Å²) in [6, 6.07) is 2.70. The molecule has 0 aromatic heterocycles. The lowest BCUT2D eigenvalue weighted by Gasteiger charge is -2.31. The molecule has 12 nitrogen and oxygen atoms in total. The van der Waals surface area contributed by atoms with Crippen LogP contribution in [0.4, 0.5) is 14.4 Å². The van der Waals surface area contributed by atoms with Crippen LogP contribution in [0.5, 0.6) is 11.5 Å². The minimum absolute atomic E-state index is 0.0992.